The minimum absolute atomic E-state index is 0.211. The van der Waals surface area contributed by atoms with Gasteiger partial charge in [0.2, 0.25) is 6.41 Å². The second-order valence-electron chi connectivity index (χ2n) is 7.26. The summed E-state index contributed by atoms with van der Waals surface area (Å²) in [6.07, 6.45) is 8.27. The fourth-order valence-electron chi connectivity index (χ4n) is 3.48. The van der Waals surface area contributed by atoms with Crippen LogP contribution in [0, 0.1) is 11.7 Å². The molecule has 1 saturated heterocycles. The van der Waals surface area contributed by atoms with Crippen molar-refractivity contribution in [1.29, 1.82) is 0 Å². The topological polar surface area (TPSA) is 29.5 Å². The number of allylic oxidation sites excluding steroid dienone is 1. The fourth-order valence-corrected chi connectivity index (χ4v) is 3.48. The van der Waals surface area contributed by atoms with Crippen LogP contribution in [0.3, 0.4) is 0 Å². The van der Waals surface area contributed by atoms with Crippen LogP contribution in [0.5, 0.6) is 0 Å². The Bertz CT molecular complexity index is 662. The van der Waals surface area contributed by atoms with Gasteiger partial charge >= 0.3 is 0 Å². The van der Waals surface area contributed by atoms with Gasteiger partial charge < -0.3 is 9.64 Å². The van der Waals surface area contributed by atoms with E-state index in [0.717, 1.165) is 42.1 Å². The van der Waals surface area contributed by atoms with Crippen LogP contribution in [0.1, 0.15) is 44.7 Å². The Morgan fingerprint density at radius 1 is 1.15 bits per heavy atom. The number of benzene rings is 1. The largest absolute Gasteiger partial charge is 0.378 e. The molecule has 0 aliphatic carbocycles. The molecule has 27 heavy (non-hydrogen) atoms. The first-order valence-electron chi connectivity index (χ1n) is 9.56. The highest BCUT2D eigenvalue weighted by atomic mass is 19.1. The summed E-state index contributed by atoms with van der Waals surface area (Å²) in [4.78, 5) is 12.9. The van der Waals surface area contributed by atoms with Crippen molar-refractivity contribution in [3.05, 3.63) is 72.1 Å². The molecule has 0 radical (unpaired) electrons. The molecule has 0 spiro atoms. The van der Waals surface area contributed by atoms with Crippen LogP contribution in [0.25, 0.3) is 0 Å². The van der Waals surface area contributed by atoms with Gasteiger partial charge in [0.05, 0.1) is 12.1 Å². The highest BCUT2D eigenvalue weighted by Gasteiger charge is 2.27. The summed E-state index contributed by atoms with van der Waals surface area (Å²) in [7, 11) is 0. The highest BCUT2D eigenvalue weighted by Crippen LogP contribution is 2.35. The Labute approximate surface area is 162 Å². The van der Waals surface area contributed by atoms with Gasteiger partial charge in [-0.05, 0) is 60.9 Å². The molecular weight excluding hydrogens is 341 g/mol. The molecule has 0 N–H and O–H groups in total. The normalized spacial score (nSPS) is 25.3. The standard InChI is InChI=1S/C16H16FNO.C7H14O/c1-3-12-9-10-18(11-19)16(15(12)4-2)13-5-7-14(17)8-6-13;1-6-3-4-7(2)8-5-6/h3-8,11,16H,1-2,9-10H2;6-7H,3-5H2,1-2H3/t16-;6-,7?/m01/s1. The SMILES string of the molecule is C=CC1=C(C=C)[C@H](c2ccc(F)cc2)N(C=O)CC1.CC1CC[C@@H](C)CO1. The maximum Gasteiger partial charge on any atom is 0.210 e. The van der Waals surface area contributed by atoms with E-state index >= 15 is 0 Å². The van der Waals surface area contributed by atoms with Crippen LogP contribution in [-0.2, 0) is 9.53 Å². The molecule has 0 bridgehead atoms. The Balaban J connectivity index is 0.000000273. The predicted octanol–water partition coefficient (Wildman–Crippen LogP) is 5.22. The minimum atomic E-state index is -0.287. The monoisotopic (exact) mass is 371 g/mol. The van der Waals surface area contributed by atoms with Crippen molar-refractivity contribution in [2.45, 2.75) is 45.3 Å². The third-order valence-electron chi connectivity index (χ3n) is 5.16. The summed E-state index contributed by atoms with van der Waals surface area (Å²) in [5, 5.41) is 0. The Morgan fingerprint density at radius 2 is 1.85 bits per heavy atom. The molecule has 1 aromatic carbocycles. The van der Waals surface area contributed by atoms with Crippen molar-refractivity contribution in [2.75, 3.05) is 13.2 Å². The third kappa shape index (κ3) is 5.64. The first-order valence-corrected chi connectivity index (χ1v) is 9.56. The van der Waals surface area contributed by atoms with Crippen molar-refractivity contribution >= 4 is 6.41 Å². The van der Waals surface area contributed by atoms with Crippen molar-refractivity contribution in [3.63, 3.8) is 0 Å². The Hall–Kier alpha value is -2.20. The molecule has 2 heterocycles. The van der Waals surface area contributed by atoms with Gasteiger partial charge in [-0.3, -0.25) is 4.79 Å². The molecule has 0 saturated carbocycles. The van der Waals surface area contributed by atoms with E-state index in [1.54, 1.807) is 29.2 Å². The smallest absolute Gasteiger partial charge is 0.210 e. The van der Waals surface area contributed by atoms with Gasteiger partial charge in [0.25, 0.3) is 0 Å². The molecule has 1 fully saturated rings. The first-order chi connectivity index (χ1) is 13.0. The van der Waals surface area contributed by atoms with Crippen molar-refractivity contribution in [1.82, 2.24) is 4.90 Å². The van der Waals surface area contributed by atoms with Gasteiger partial charge in [-0.15, -0.1) is 0 Å². The van der Waals surface area contributed by atoms with Gasteiger partial charge in [-0.25, -0.2) is 4.39 Å². The van der Waals surface area contributed by atoms with Crippen LogP contribution >= 0.6 is 0 Å². The summed E-state index contributed by atoms with van der Waals surface area (Å²) < 4.78 is 18.4. The van der Waals surface area contributed by atoms with E-state index < -0.39 is 0 Å². The van der Waals surface area contributed by atoms with E-state index in [1.165, 1.54) is 25.0 Å². The lowest BCUT2D eigenvalue weighted by atomic mass is 9.88. The zero-order chi connectivity index (χ0) is 19.8. The number of halogens is 1. The second-order valence-corrected chi connectivity index (χ2v) is 7.26. The lowest BCUT2D eigenvalue weighted by Crippen LogP contribution is -2.33. The summed E-state index contributed by atoms with van der Waals surface area (Å²) >= 11 is 0. The second kappa shape index (κ2) is 10.2. The average Bonchev–Trinajstić information content (AvgIpc) is 2.70. The molecule has 3 rings (SSSR count). The maximum absolute atomic E-state index is 13.0. The zero-order valence-electron chi connectivity index (χ0n) is 16.4. The molecule has 2 aliphatic rings. The van der Waals surface area contributed by atoms with Crippen LogP contribution < -0.4 is 0 Å². The molecule has 0 aromatic heterocycles. The first kappa shape index (κ1) is 21.1. The van der Waals surface area contributed by atoms with Gasteiger partial charge in [-0.1, -0.05) is 44.4 Å². The maximum atomic E-state index is 13.0. The lowest BCUT2D eigenvalue weighted by molar-refractivity contribution is -0.119. The number of carbonyl (C=O) groups is 1. The van der Waals surface area contributed by atoms with Gasteiger partial charge in [0.15, 0.2) is 0 Å². The third-order valence-corrected chi connectivity index (χ3v) is 5.16. The number of nitrogens with zero attached hydrogens (tertiary/aromatic N) is 1. The summed E-state index contributed by atoms with van der Waals surface area (Å²) in [6, 6.07) is 6.00. The van der Waals surface area contributed by atoms with Crippen LogP contribution in [0.2, 0.25) is 0 Å². The molecule has 2 aliphatic heterocycles. The number of rotatable bonds is 4. The number of hydrogen-bond acceptors (Lipinski definition) is 2. The molecule has 4 heteroatoms. The van der Waals surface area contributed by atoms with Crippen molar-refractivity contribution in [3.8, 4) is 0 Å². The van der Waals surface area contributed by atoms with E-state index in [1.807, 2.05) is 0 Å². The molecule has 3 nitrogen and oxygen atoms in total. The summed E-state index contributed by atoms with van der Waals surface area (Å²) in [6.45, 7) is 13.6. The quantitative estimate of drug-likeness (QED) is 0.679. The molecular formula is C23H30FNO2. The van der Waals surface area contributed by atoms with E-state index in [2.05, 4.69) is 27.0 Å². The number of carbonyl (C=O) groups excluding carboxylic acids is 1. The summed E-state index contributed by atoms with van der Waals surface area (Å²) in [5.41, 5.74) is 2.92. The molecule has 1 unspecified atom stereocenters. The van der Waals surface area contributed by atoms with Gasteiger partial charge in [0.1, 0.15) is 5.82 Å². The van der Waals surface area contributed by atoms with Crippen LogP contribution in [-0.4, -0.2) is 30.6 Å². The highest BCUT2D eigenvalue weighted by molar-refractivity contribution is 5.55. The van der Waals surface area contributed by atoms with E-state index in [9.17, 15) is 9.18 Å². The minimum Gasteiger partial charge on any atom is -0.378 e. The fraction of sp³-hybridized carbons (Fsp3) is 0.435. The number of amides is 1. The molecule has 3 atom stereocenters. The van der Waals surface area contributed by atoms with Crippen molar-refractivity contribution in [2.24, 2.45) is 5.92 Å². The van der Waals surface area contributed by atoms with E-state index in [0.29, 0.717) is 12.6 Å². The van der Waals surface area contributed by atoms with Crippen LogP contribution in [0.4, 0.5) is 4.39 Å². The average molecular weight is 371 g/mol. The number of ether oxygens (including phenoxy) is 1. The summed E-state index contributed by atoms with van der Waals surface area (Å²) in [5.74, 6) is 0.511. The predicted molar refractivity (Wildman–Crippen MR) is 108 cm³/mol. The molecule has 146 valence electrons. The lowest BCUT2D eigenvalue weighted by Gasteiger charge is -2.35. The Kier molecular flexibility index (Phi) is 7.99. The Morgan fingerprint density at radius 3 is 2.33 bits per heavy atom. The molecule has 1 amide bonds. The van der Waals surface area contributed by atoms with Crippen LogP contribution in [0.15, 0.2) is 60.7 Å². The zero-order valence-corrected chi connectivity index (χ0v) is 16.4. The van der Waals surface area contributed by atoms with E-state index in [4.69, 9.17) is 4.74 Å². The van der Waals surface area contributed by atoms with Crippen molar-refractivity contribution < 1.29 is 13.9 Å². The number of hydrogen-bond donors (Lipinski definition) is 0. The van der Waals surface area contributed by atoms with E-state index in [-0.39, 0.29) is 11.9 Å². The molecule has 1 aromatic rings. The van der Waals surface area contributed by atoms with Gasteiger partial charge in [-0.2, -0.15) is 0 Å². The van der Waals surface area contributed by atoms with Gasteiger partial charge in [0, 0.05) is 13.2 Å².